The predicted molar refractivity (Wildman–Crippen MR) is 87.7 cm³/mol. The standard InChI is InChI=1S/C12H20N4S.HI/c1-2-11-15-10(9-17-11)8-14-12(13)16-6-4-3-5-7-16;/h9H,2-8H2,1H3,(H2,13,14);1H. The molecule has 102 valence electrons. The Hall–Kier alpha value is -0.370. The first kappa shape index (κ1) is 15.7. The number of aryl methyl sites for hydroxylation is 1. The van der Waals surface area contributed by atoms with Gasteiger partial charge in [-0.3, -0.25) is 0 Å². The summed E-state index contributed by atoms with van der Waals surface area (Å²) >= 11 is 1.70. The van der Waals surface area contributed by atoms with Crippen LogP contribution in [0.15, 0.2) is 10.4 Å². The molecule has 4 nitrogen and oxygen atoms in total. The molecule has 0 saturated carbocycles. The van der Waals surface area contributed by atoms with E-state index in [1.54, 1.807) is 11.3 Å². The third-order valence-electron chi connectivity index (χ3n) is 2.98. The summed E-state index contributed by atoms with van der Waals surface area (Å²) in [5, 5.41) is 3.25. The number of nitrogens with zero attached hydrogens (tertiary/aromatic N) is 3. The Morgan fingerprint density at radius 3 is 2.78 bits per heavy atom. The third kappa shape index (κ3) is 4.38. The Morgan fingerprint density at radius 1 is 1.44 bits per heavy atom. The molecule has 18 heavy (non-hydrogen) atoms. The molecule has 1 aromatic rings. The molecule has 6 heteroatoms. The van der Waals surface area contributed by atoms with Gasteiger partial charge < -0.3 is 10.6 Å². The van der Waals surface area contributed by atoms with Gasteiger partial charge in [0.2, 0.25) is 0 Å². The minimum atomic E-state index is 0. The first-order chi connectivity index (χ1) is 8.29. The zero-order valence-corrected chi connectivity index (χ0v) is 13.9. The zero-order valence-electron chi connectivity index (χ0n) is 10.8. The Balaban J connectivity index is 0.00000162. The maximum Gasteiger partial charge on any atom is 0.191 e. The summed E-state index contributed by atoms with van der Waals surface area (Å²) in [6.07, 6.45) is 4.77. The van der Waals surface area contributed by atoms with Crippen LogP contribution in [0.4, 0.5) is 0 Å². The quantitative estimate of drug-likeness (QED) is 0.498. The van der Waals surface area contributed by atoms with Crippen molar-refractivity contribution in [1.82, 2.24) is 9.88 Å². The molecular formula is C12H21IN4S. The second kappa shape index (κ2) is 7.93. The molecule has 1 aromatic heterocycles. The number of likely N-dealkylation sites (tertiary alicyclic amines) is 1. The lowest BCUT2D eigenvalue weighted by Crippen LogP contribution is -2.40. The van der Waals surface area contributed by atoms with Crippen LogP contribution < -0.4 is 5.73 Å². The summed E-state index contributed by atoms with van der Waals surface area (Å²) in [6, 6.07) is 0. The molecule has 0 bridgehead atoms. The molecule has 1 aliphatic heterocycles. The lowest BCUT2D eigenvalue weighted by Gasteiger charge is -2.27. The molecule has 0 atom stereocenters. The van der Waals surface area contributed by atoms with E-state index >= 15 is 0 Å². The van der Waals surface area contributed by atoms with Gasteiger partial charge in [0.25, 0.3) is 0 Å². The van der Waals surface area contributed by atoms with Crippen LogP contribution in [0.1, 0.15) is 36.9 Å². The lowest BCUT2D eigenvalue weighted by molar-refractivity contribution is 0.338. The first-order valence-corrected chi connectivity index (χ1v) is 7.15. The molecule has 0 aromatic carbocycles. The summed E-state index contributed by atoms with van der Waals surface area (Å²) in [7, 11) is 0. The van der Waals surface area contributed by atoms with E-state index in [4.69, 9.17) is 5.73 Å². The fourth-order valence-electron chi connectivity index (χ4n) is 1.97. The van der Waals surface area contributed by atoms with Gasteiger partial charge in [-0.2, -0.15) is 0 Å². The van der Waals surface area contributed by atoms with E-state index < -0.39 is 0 Å². The van der Waals surface area contributed by atoms with Crippen molar-refractivity contribution in [2.45, 2.75) is 39.2 Å². The van der Waals surface area contributed by atoms with Crippen molar-refractivity contribution in [3.63, 3.8) is 0 Å². The van der Waals surface area contributed by atoms with E-state index in [-0.39, 0.29) is 24.0 Å². The van der Waals surface area contributed by atoms with E-state index in [9.17, 15) is 0 Å². The number of aromatic nitrogens is 1. The van der Waals surface area contributed by atoms with E-state index in [0.717, 1.165) is 25.2 Å². The van der Waals surface area contributed by atoms with Crippen molar-refractivity contribution in [3.8, 4) is 0 Å². The maximum absolute atomic E-state index is 5.99. The van der Waals surface area contributed by atoms with E-state index in [0.29, 0.717) is 12.5 Å². The second-order valence-electron chi connectivity index (χ2n) is 4.31. The average Bonchev–Trinajstić information content (AvgIpc) is 2.85. The number of thiazole rings is 1. The highest BCUT2D eigenvalue weighted by Crippen LogP contribution is 2.12. The van der Waals surface area contributed by atoms with Gasteiger partial charge in [0.05, 0.1) is 17.2 Å². The summed E-state index contributed by atoms with van der Waals surface area (Å²) in [5.74, 6) is 0.677. The van der Waals surface area contributed by atoms with Gasteiger partial charge in [0, 0.05) is 18.5 Å². The van der Waals surface area contributed by atoms with Crippen LogP contribution in [0.25, 0.3) is 0 Å². The highest BCUT2D eigenvalue weighted by Gasteiger charge is 2.11. The lowest BCUT2D eigenvalue weighted by atomic mass is 10.1. The van der Waals surface area contributed by atoms with Gasteiger partial charge in [-0.15, -0.1) is 35.3 Å². The highest BCUT2D eigenvalue weighted by molar-refractivity contribution is 14.0. The van der Waals surface area contributed by atoms with E-state index in [1.807, 2.05) is 0 Å². The zero-order chi connectivity index (χ0) is 12.1. The van der Waals surface area contributed by atoms with Crippen LogP contribution in [0, 0.1) is 0 Å². The minimum Gasteiger partial charge on any atom is -0.370 e. The molecule has 2 heterocycles. The molecule has 1 fully saturated rings. The van der Waals surface area contributed by atoms with Gasteiger partial charge in [-0.05, 0) is 25.7 Å². The Morgan fingerprint density at radius 2 is 2.17 bits per heavy atom. The Bertz CT molecular complexity index is 385. The molecule has 2 rings (SSSR count). The van der Waals surface area contributed by atoms with E-state index in [1.165, 1.54) is 24.3 Å². The number of hydrogen-bond donors (Lipinski definition) is 1. The molecule has 0 radical (unpaired) electrons. The van der Waals surface area contributed by atoms with Crippen molar-refractivity contribution in [3.05, 3.63) is 16.1 Å². The van der Waals surface area contributed by atoms with Crippen molar-refractivity contribution >= 4 is 41.3 Å². The molecule has 1 aliphatic rings. The SMILES string of the molecule is CCc1nc(CN=C(N)N2CCCCC2)cs1.I. The van der Waals surface area contributed by atoms with Crippen LogP contribution in [0.2, 0.25) is 0 Å². The third-order valence-corrected chi connectivity index (χ3v) is 4.03. The van der Waals surface area contributed by atoms with Crippen LogP contribution in [0.3, 0.4) is 0 Å². The van der Waals surface area contributed by atoms with Gasteiger partial charge in [-0.25, -0.2) is 9.98 Å². The van der Waals surface area contributed by atoms with Crippen LogP contribution >= 0.6 is 35.3 Å². The highest BCUT2D eigenvalue weighted by atomic mass is 127. The summed E-state index contributed by atoms with van der Waals surface area (Å²) in [5.41, 5.74) is 7.02. The van der Waals surface area contributed by atoms with E-state index in [2.05, 4.69) is 27.2 Å². The topological polar surface area (TPSA) is 54.5 Å². The molecule has 2 N–H and O–H groups in total. The van der Waals surface area contributed by atoms with Crippen LogP contribution in [0.5, 0.6) is 0 Å². The molecule has 0 unspecified atom stereocenters. The van der Waals surface area contributed by atoms with Crippen molar-refractivity contribution in [1.29, 1.82) is 0 Å². The smallest absolute Gasteiger partial charge is 0.191 e. The number of rotatable bonds is 3. The summed E-state index contributed by atoms with van der Waals surface area (Å²) in [6.45, 7) is 4.83. The summed E-state index contributed by atoms with van der Waals surface area (Å²) in [4.78, 5) is 11.1. The predicted octanol–water partition coefficient (Wildman–Crippen LogP) is 2.62. The number of nitrogens with two attached hydrogens (primary N) is 1. The first-order valence-electron chi connectivity index (χ1n) is 6.27. The molecule has 1 saturated heterocycles. The van der Waals surface area contributed by atoms with Crippen LogP contribution in [-0.2, 0) is 13.0 Å². The van der Waals surface area contributed by atoms with Crippen molar-refractivity contribution in [2.24, 2.45) is 10.7 Å². The van der Waals surface area contributed by atoms with Crippen molar-refractivity contribution < 1.29 is 0 Å². The van der Waals surface area contributed by atoms with Gasteiger partial charge in [0.1, 0.15) is 0 Å². The molecule has 0 aliphatic carbocycles. The Kier molecular flexibility index (Phi) is 6.91. The fourth-order valence-corrected chi connectivity index (χ4v) is 2.70. The largest absolute Gasteiger partial charge is 0.370 e. The van der Waals surface area contributed by atoms with Gasteiger partial charge in [0.15, 0.2) is 5.96 Å². The number of hydrogen-bond acceptors (Lipinski definition) is 3. The monoisotopic (exact) mass is 380 g/mol. The summed E-state index contributed by atoms with van der Waals surface area (Å²) < 4.78 is 0. The number of piperidine rings is 1. The average molecular weight is 380 g/mol. The second-order valence-corrected chi connectivity index (χ2v) is 5.25. The van der Waals surface area contributed by atoms with Crippen LogP contribution in [-0.4, -0.2) is 28.9 Å². The molecular weight excluding hydrogens is 359 g/mol. The minimum absolute atomic E-state index is 0. The number of halogens is 1. The Labute approximate surface area is 130 Å². The molecule has 0 spiro atoms. The van der Waals surface area contributed by atoms with Gasteiger partial charge >= 0.3 is 0 Å². The fraction of sp³-hybridized carbons (Fsp3) is 0.667. The number of guanidine groups is 1. The number of aliphatic imine (C=N–C) groups is 1. The maximum atomic E-state index is 5.99. The van der Waals surface area contributed by atoms with Gasteiger partial charge in [-0.1, -0.05) is 6.92 Å². The molecule has 0 amide bonds. The van der Waals surface area contributed by atoms with Crippen molar-refractivity contribution in [2.75, 3.05) is 13.1 Å². The normalized spacial score (nSPS) is 16.5.